The fourth-order valence-corrected chi connectivity index (χ4v) is 3.18. The van der Waals surface area contributed by atoms with Crippen LogP contribution in [0.15, 0.2) is 73.2 Å². The standard InChI is InChI=1S/C22H17FN4O/c23-16-8-6-15(7-9-16)20-21(27(14-25-20)17-10-11-17)19-12-13-24-22(26-19)28-18-4-2-1-3-5-18/h1-9,12-14,17H,10-11H2. The van der Waals surface area contributed by atoms with Crippen LogP contribution in [-0.2, 0) is 0 Å². The molecule has 1 saturated carbocycles. The van der Waals surface area contributed by atoms with Crippen molar-refractivity contribution in [3.05, 3.63) is 79.0 Å². The third kappa shape index (κ3) is 3.24. The van der Waals surface area contributed by atoms with Crippen LogP contribution >= 0.6 is 0 Å². The van der Waals surface area contributed by atoms with Gasteiger partial charge in [0.15, 0.2) is 0 Å². The molecule has 0 spiro atoms. The molecule has 6 heteroatoms. The Kier molecular flexibility index (Phi) is 4.09. The second kappa shape index (κ2) is 6.88. The molecule has 2 aromatic heterocycles. The van der Waals surface area contributed by atoms with Crippen LogP contribution < -0.4 is 4.74 Å². The van der Waals surface area contributed by atoms with Gasteiger partial charge in [0.05, 0.1) is 23.4 Å². The summed E-state index contributed by atoms with van der Waals surface area (Å²) >= 11 is 0. The van der Waals surface area contributed by atoms with E-state index in [1.807, 2.05) is 42.7 Å². The first-order chi connectivity index (χ1) is 13.8. The number of imidazole rings is 1. The molecule has 0 radical (unpaired) electrons. The van der Waals surface area contributed by atoms with Gasteiger partial charge in [-0.15, -0.1) is 0 Å². The van der Waals surface area contributed by atoms with Gasteiger partial charge < -0.3 is 9.30 Å². The smallest absolute Gasteiger partial charge is 0.322 e. The van der Waals surface area contributed by atoms with E-state index in [9.17, 15) is 4.39 Å². The van der Waals surface area contributed by atoms with Crippen molar-refractivity contribution in [2.45, 2.75) is 18.9 Å². The van der Waals surface area contributed by atoms with Crippen LogP contribution in [0.5, 0.6) is 11.8 Å². The molecule has 5 nitrogen and oxygen atoms in total. The van der Waals surface area contributed by atoms with Crippen molar-refractivity contribution < 1.29 is 9.13 Å². The second-order valence-corrected chi connectivity index (χ2v) is 6.73. The molecule has 0 aliphatic heterocycles. The summed E-state index contributed by atoms with van der Waals surface area (Å²) in [6, 6.07) is 18.3. The average molecular weight is 372 g/mol. The number of para-hydroxylation sites is 1. The number of hydrogen-bond acceptors (Lipinski definition) is 4. The first kappa shape index (κ1) is 16.6. The molecule has 1 aliphatic rings. The monoisotopic (exact) mass is 372 g/mol. The van der Waals surface area contributed by atoms with E-state index in [4.69, 9.17) is 4.74 Å². The quantitative estimate of drug-likeness (QED) is 0.479. The Morgan fingerprint density at radius 2 is 1.71 bits per heavy atom. The SMILES string of the molecule is Fc1ccc(-c2ncn(C3CC3)c2-c2ccnc(Oc3ccccc3)n2)cc1. The Hall–Kier alpha value is -3.54. The number of halogens is 1. The van der Waals surface area contributed by atoms with Gasteiger partial charge in [0.25, 0.3) is 0 Å². The van der Waals surface area contributed by atoms with Crippen molar-refractivity contribution in [1.29, 1.82) is 0 Å². The van der Waals surface area contributed by atoms with Crippen molar-refractivity contribution in [1.82, 2.24) is 19.5 Å². The largest absolute Gasteiger partial charge is 0.424 e. The van der Waals surface area contributed by atoms with Gasteiger partial charge in [0.1, 0.15) is 11.6 Å². The highest BCUT2D eigenvalue weighted by atomic mass is 19.1. The van der Waals surface area contributed by atoms with Crippen LogP contribution in [0.25, 0.3) is 22.6 Å². The van der Waals surface area contributed by atoms with Crippen molar-refractivity contribution >= 4 is 0 Å². The maximum atomic E-state index is 13.4. The Labute approximate surface area is 161 Å². The molecule has 138 valence electrons. The number of aromatic nitrogens is 4. The van der Waals surface area contributed by atoms with E-state index >= 15 is 0 Å². The summed E-state index contributed by atoms with van der Waals surface area (Å²) in [5.74, 6) is 0.404. The van der Waals surface area contributed by atoms with Crippen LogP contribution in [0.4, 0.5) is 4.39 Å². The molecule has 1 fully saturated rings. The minimum absolute atomic E-state index is 0.271. The average Bonchev–Trinajstić information content (AvgIpc) is 3.48. The van der Waals surface area contributed by atoms with Crippen molar-refractivity contribution in [3.8, 4) is 34.4 Å². The molecular weight excluding hydrogens is 355 g/mol. The van der Waals surface area contributed by atoms with Crippen molar-refractivity contribution in [2.24, 2.45) is 0 Å². The molecule has 0 atom stereocenters. The summed E-state index contributed by atoms with van der Waals surface area (Å²) in [6.07, 6.45) is 5.75. The molecule has 5 rings (SSSR count). The maximum absolute atomic E-state index is 13.4. The van der Waals surface area contributed by atoms with E-state index in [0.29, 0.717) is 11.8 Å². The molecule has 28 heavy (non-hydrogen) atoms. The zero-order chi connectivity index (χ0) is 18.9. The summed E-state index contributed by atoms with van der Waals surface area (Å²) in [5.41, 5.74) is 3.25. The summed E-state index contributed by atoms with van der Waals surface area (Å²) in [5, 5.41) is 0. The van der Waals surface area contributed by atoms with Gasteiger partial charge in [0.2, 0.25) is 0 Å². The number of rotatable bonds is 5. The summed E-state index contributed by atoms with van der Waals surface area (Å²) in [7, 11) is 0. The van der Waals surface area contributed by atoms with E-state index in [-0.39, 0.29) is 11.8 Å². The zero-order valence-electron chi connectivity index (χ0n) is 15.0. The van der Waals surface area contributed by atoms with Gasteiger partial charge in [0, 0.05) is 17.8 Å². The first-order valence-corrected chi connectivity index (χ1v) is 9.17. The van der Waals surface area contributed by atoms with Gasteiger partial charge >= 0.3 is 6.01 Å². The van der Waals surface area contributed by atoms with Gasteiger partial charge in [-0.05, 0) is 55.3 Å². The first-order valence-electron chi connectivity index (χ1n) is 9.17. The number of ether oxygens (including phenoxy) is 1. The molecule has 0 bridgehead atoms. The third-order valence-electron chi connectivity index (χ3n) is 4.68. The Morgan fingerprint density at radius 3 is 2.46 bits per heavy atom. The third-order valence-corrected chi connectivity index (χ3v) is 4.68. The van der Waals surface area contributed by atoms with E-state index in [1.54, 1.807) is 18.3 Å². The minimum atomic E-state index is -0.271. The summed E-state index contributed by atoms with van der Waals surface area (Å²) < 4.78 is 21.3. The lowest BCUT2D eigenvalue weighted by Crippen LogP contribution is -2.00. The number of hydrogen-bond donors (Lipinski definition) is 0. The lowest BCUT2D eigenvalue weighted by Gasteiger charge is -2.10. The summed E-state index contributed by atoms with van der Waals surface area (Å²) in [4.78, 5) is 13.5. The van der Waals surface area contributed by atoms with Gasteiger partial charge in [-0.25, -0.2) is 14.4 Å². The van der Waals surface area contributed by atoms with Crippen molar-refractivity contribution in [2.75, 3.05) is 0 Å². The molecule has 0 N–H and O–H groups in total. The van der Waals surface area contributed by atoms with Crippen LogP contribution in [0, 0.1) is 5.82 Å². The second-order valence-electron chi connectivity index (χ2n) is 6.73. The van der Waals surface area contributed by atoms with Gasteiger partial charge in [-0.3, -0.25) is 0 Å². The zero-order valence-corrected chi connectivity index (χ0v) is 15.0. The highest BCUT2D eigenvalue weighted by molar-refractivity contribution is 5.77. The van der Waals surface area contributed by atoms with Gasteiger partial charge in [-0.1, -0.05) is 18.2 Å². The Balaban J connectivity index is 1.58. The Bertz CT molecular complexity index is 1110. The topological polar surface area (TPSA) is 52.8 Å². The lowest BCUT2D eigenvalue weighted by molar-refractivity contribution is 0.442. The molecule has 2 aromatic carbocycles. The molecule has 2 heterocycles. The normalized spacial score (nSPS) is 13.5. The predicted octanol–water partition coefficient (Wildman–Crippen LogP) is 5.27. The minimum Gasteiger partial charge on any atom is -0.424 e. The fraction of sp³-hybridized carbons (Fsp3) is 0.136. The van der Waals surface area contributed by atoms with Crippen LogP contribution in [0.1, 0.15) is 18.9 Å². The van der Waals surface area contributed by atoms with Crippen LogP contribution in [0.3, 0.4) is 0 Å². The molecule has 0 unspecified atom stereocenters. The molecule has 1 aliphatic carbocycles. The van der Waals surface area contributed by atoms with Gasteiger partial charge in [-0.2, -0.15) is 4.98 Å². The Morgan fingerprint density at radius 1 is 0.929 bits per heavy atom. The fourth-order valence-electron chi connectivity index (χ4n) is 3.18. The van der Waals surface area contributed by atoms with E-state index in [1.165, 1.54) is 12.1 Å². The predicted molar refractivity (Wildman–Crippen MR) is 103 cm³/mol. The van der Waals surface area contributed by atoms with E-state index in [2.05, 4.69) is 19.5 Å². The summed E-state index contributed by atoms with van der Waals surface area (Å²) in [6.45, 7) is 0. The molecule has 4 aromatic rings. The highest BCUT2D eigenvalue weighted by Gasteiger charge is 2.29. The maximum Gasteiger partial charge on any atom is 0.322 e. The number of benzene rings is 2. The highest BCUT2D eigenvalue weighted by Crippen LogP contribution is 2.41. The van der Waals surface area contributed by atoms with Crippen LogP contribution in [0.2, 0.25) is 0 Å². The number of nitrogens with zero attached hydrogens (tertiary/aromatic N) is 4. The molecule has 0 saturated heterocycles. The van der Waals surface area contributed by atoms with Crippen molar-refractivity contribution in [3.63, 3.8) is 0 Å². The molecule has 0 amide bonds. The van der Waals surface area contributed by atoms with Crippen LogP contribution in [-0.4, -0.2) is 19.5 Å². The molecular formula is C22H17FN4O. The van der Waals surface area contributed by atoms with E-state index in [0.717, 1.165) is 35.5 Å². The van der Waals surface area contributed by atoms with E-state index < -0.39 is 0 Å². The lowest BCUT2D eigenvalue weighted by atomic mass is 10.1.